The Kier molecular flexibility index (Phi) is 8.07. The average Bonchev–Trinajstić information content (AvgIpc) is 2.61. The molecule has 1 aliphatic heterocycles. The summed E-state index contributed by atoms with van der Waals surface area (Å²) in [5.41, 5.74) is 1.06. The quantitative estimate of drug-likeness (QED) is 0.574. The molecule has 27 heavy (non-hydrogen) atoms. The molecule has 0 amide bonds. The highest BCUT2D eigenvalue weighted by Crippen LogP contribution is 2.18. The molecule has 0 saturated carbocycles. The first-order valence-corrected chi connectivity index (χ1v) is 11.2. The first-order valence-electron chi connectivity index (χ1n) is 9.91. The summed E-state index contributed by atoms with van der Waals surface area (Å²) in [5, 5.41) is 6.85. The van der Waals surface area contributed by atoms with E-state index in [1.807, 2.05) is 33.8 Å². The Hall–Kier alpha value is -1.63. The minimum Gasteiger partial charge on any atom is -0.357 e. The summed E-state index contributed by atoms with van der Waals surface area (Å²) in [4.78, 5) is 11.6. The van der Waals surface area contributed by atoms with Crippen molar-refractivity contribution in [1.29, 1.82) is 0 Å². The van der Waals surface area contributed by atoms with Crippen LogP contribution in [-0.4, -0.2) is 57.9 Å². The second kappa shape index (κ2) is 10.1. The number of nitrogens with zero attached hydrogens (tertiary/aromatic N) is 3. The van der Waals surface area contributed by atoms with E-state index in [1.54, 1.807) is 0 Å². The van der Waals surface area contributed by atoms with Gasteiger partial charge in [0, 0.05) is 52.7 Å². The molecule has 0 aliphatic carbocycles. The van der Waals surface area contributed by atoms with Gasteiger partial charge in [-0.2, -0.15) is 0 Å². The van der Waals surface area contributed by atoms with Crippen LogP contribution < -0.4 is 15.5 Å². The second-order valence-corrected chi connectivity index (χ2v) is 10.3. The molecule has 2 heterocycles. The van der Waals surface area contributed by atoms with E-state index in [2.05, 4.69) is 44.6 Å². The van der Waals surface area contributed by atoms with Gasteiger partial charge in [-0.15, -0.1) is 0 Å². The van der Waals surface area contributed by atoms with Crippen molar-refractivity contribution >= 4 is 22.6 Å². The number of rotatable bonds is 6. The van der Waals surface area contributed by atoms with Gasteiger partial charge in [0.2, 0.25) is 0 Å². The highest BCUT2D eigenvalue weighted by molar-refractivity contribution is 7.86. The molecule has 1 atom stereocenters. The van der Waals surface area contributed by atoms with Crippen LogP contribution in [0.3, 0.4) is 0 Å². The minimum absolute atomic E-state index is 0.183. The number of hydrogen-bond donors (Lipinski definition) is 2. The number of guanidine groups is 1. The van der Waals surface area contributed by atoms with Crippen molar-refractivity contribution < 1.29 is 4.21 Å². The molecule has 0 aromatic carbocycles. The Bertz CT molecular complexity index is 648. The fourth-order valence-electron chi connectivity index (χ4n) is 3.02. The summed E-state index contributed by atoms with van der Waals surface area (Å²) in [7, 11) is -0.869. The Morgan fingerprint density at radius 1 is 1.33 bits per heavy atom. The smallest absolute Gasteiger partial charge is 0.191 e. The van der Waals surface area contributed by atoms with Crippen LogP contribution in [0.25, 0.3) is 0 Å². The van der Waals surface area contributed by atoms with Crippen LogP contribution in [-0.2, 0) is 10.8 Å². The Balaban J connectivity index is 1.84. The first kappa shape index (κ1) is 21.7. The molecule has 1 unspecified atom stereocenters. The van der Waals surface area contributed by atoms with E-state index in [0.29, 0.717) is 18.3 Å². The normalized spacial score (nSPS) is 17.7. The van der Waals surface area contributed by atoms with Crippen molar-refractivity contribution in [3.05, 3.63) is 23.9 Å². The molecule has 2 N–H and O–H groups in total. The molecular weight excluding hydrogens is 358 g/mol. The van der Waals surface area contributed by atoms with Gasteiger partial charge in [0.25, 0.3) is 0 Å². The molecule has 7 heteroatoms. The van der Waals surface area contributed by atoms with Gasteiger partial charge in [0.1, 0.15) is 5.82 Å². The number of hydrogen-bond acceptors (Lipinski definition) is 4. The molecule has 1 aromatic heterocycles. The zero-order chi connectivity index (χ0) is 19.9. The molecule has 6 nitrogen and oxygen atoms in total. The third-order valence-electron chi connectivity index (χ3n) is 4.61. The van der Waals surface area contributed by atoms with Crippen LogP contribution in [0.4, 0.5) is 5.82 Å². The van der Waals surface area contributed by atoms with Crippen molar-refractivity contribution in [1.82, 2.24) is 15.6 Å². The second-order valence-electron chi connectivity index (χ2n) is 7.97. The molecule has 0 spiro atoms. The van der Waals surface area contributed by atoms with E-state index in [9.17, 15) is 4.21 Å². The van der Waals surface area contributed by atoms with Gasteiger partial charge in [0.15, 0.2) is 5.96 Å². The standard InChI is InChI=1S/C20H35N5OS/c1-6-21-19(22-12-15-27(26)20(3,4)5)24-17-10-13-25(14-11-17)18-9-7-8-16(2)23-18/h7-9,17H,6,10-15H2,1-5H3,(H2,21,22,24). The van der Waals surface area contributed by atoms with E-state index in [4.69, 9.17) is 0 Å². The fraction of sp³-hybridized carbons (Fsp3) is 0.700. The molecule has 152 valence electrons. The van der Waals surface area contributed by atoms with E-state index in [-0.39, 0.29) is 4.75 Å². The predicted octanol–water partition coefficient (Wildman–Crippen LogP) is 2.46. The van der Waals surface area contributed by atoms with Crippen LogP contribution in [0, 0.1) is 6.92 Å². The summed E-state index contributed by atoms with van der Waals surface area (Å²) < 4.78 is 12.0. The van der Waals surface area contributed by atoms with Crippen LogP contribution in [0.2, 0.25) is 0 Å². The average molecular weight is 394 g/mol. The molecular formula is C20H35N5OS. The molecule has 2 rings (SSSR count). The molecule has 0 radical (unpaired) electrons. The van der Waals surface area contributed by atoms with Crippen molar-refractivity contribution in [2.24, 2.45) is 4.99 Å². The van der Waals surface area contributed by atoms with Gasteiger partial charge < -0.3 is 15.5 Å². The SMILES string of the molecule is CCNC(=NCCS(=O)C(C)(C)C)NC1CCN(c2cccc(C)n2)CC1. The maximum atomic E-state index is 12.2. The summed E-state index contributed by atoms with van der Waals surface area (Å²) in [6.45, 7) is 13.5. The van der Waals surface area contributed by atoms with E-state index in [0.717, 1.165) is 49.9 Å². The van der Waals surface area contributed by atoms with Crippen molar-refractivity contribution in [3.8, 4) is 0 Å². The summed E-state index contributed by atoms with van der Waals surface area (Å²) in [6.07, 6.45) is 2.10. The lowest BCUT2D eigenvalue weighted by molar-refractivity contribution is 0.459. The number of pyridine rings is 1. The molecule has 1 aliphatic rings. The summed E-state index contributed by atoms with van der Waals surface area (Å²) in [6, 6.07) is 6.59. The monoisotopic (exact) mass is 393 g/mol. The highest BCUT2D eigenvalue weighted by Gasteiger charge is 2.21. The van der Waals surface area contributed by atoms with Gasteiger partial charge >= 0.3 is 0 Å². The van der Waals surface area contributed by atoms with Gasteiger partial charge in [-0.25, -0.2) is 4.98 Å². The number of anilines is 1. The van der Waals surface area contributed by atoms with Crippen LogP contribution in [0.1, 0.15) is 46.2 Å². The van der Waals surface area contributed by atoms with Crippen LogP contribution >= 0.6 is 0 Å². The number of aryl methyl sites for hydroxylation is 1. The third-order valence-corrected chi connectivity index (χ3v) is 6.53. The van der Waals surface area contributed by atoms with E-state index >= 15 is 0 Å². The van der Waals surface area contributed by atoms with Gasteiger partial charge in [0.05, 0.1) is 6.54 Å². The summed E-state index contributed by atoms with van der Waals surface area (Å²) >= 11 is 0. The zero-order valence-electron chi connectivity index (χ0n) is 17.4. The van der Waals surface area contributed by atoms with Gasteiger partial charge in [-0.3, -0.25) is 9.20 Å². The molecule has 1 saturated heterocycles. The Morgan fingerprint density at radius 2 is 2.04 bits per heavy atom. The fourth-order valence-corrected chi connectivity index (χ4v) is 3.89. The lowest BCUT2D eigenvalue weighted by Crippen LogP contribution is -2.49. The number of aliphatic imine (C=N–C) groups is 1. The predicted molar refractivity (Wildman–Crippen MR) is 116 cm³/mol. The third kappa shape index (κ3) is 7.13. The maximum Gasteiger partial charge on any atom is 0.191 e. The topological polar surface area (TPSA) is 69.6 Å². The highest BCUT2D eigenvalue weighted by atomic mass is 32.2. The lowest BCUT2D eigenvalue weighted by Gasteiger charge is -2.34. The number of nitrogens with one attached hydrogen (secondary N) is 2. The van der Waals surface area contributed by atoms with E-state index < -0.39 is 10.8 Å². The molecule has 1 aromatic rings. The number of piperidine rings is 1. The van der Waals surface area contributed by atoms with Gasteiger partial charge in [-0.05, 0) is 59.6 Å². The minimum atomic E-state index is -0.869. The zero-order valence-corrected chi connectivity index (χ0v) is 18.2. The largest absolute Gasteiger partial charge is 0.357 e. The van der Waals surface area contributed by atoms with Crippen molar-refractivity contribution in [2.75, 3.05) is 36.8 Å². The van der Waals surface area contributed by atoms with Crippen molar-refractivity contribution in [3.63, 3.8) is 0 Å². The Morgan fingerprint density at radius 3 is 2.63 bits per heavy atom. The number of aromatic nitrogens is 1. The van der Waals surface area contributed by atoms with E-state index in [1.165, 1.54) is 0 Å². The van der Waals surface area contributed by atoms with Crippen molar-refractivity contribution in [2.45, 2.75) is 58.2 Å². The van der Waals surface area contributed by atoms with Crippen LogP contribution in [0.5, 0.6) is 0 Å². The molecule has 1 fully saturated rings. The van der Waals surface area contributed by atoms with Gasteiger partial charge in [-0.1, -0.05) is 6.07 Å². The Labute approximate surface area is 166 Å². The summed E-state index contributed by atoms with van der Waals surface area (Å²) in [5.74, 6) is 2.49. The maximum absolute atomic E-state index is 12.2. The first-order chi connectivity index (χ1) is 12.8. The molecule has 0 bridgehead atoms. The van der Waals surface area contributed by atoms with Crippen LogP contribution in [0.15, 0.2) is 23.2 Å². The lowest BCUT2D eigenvalue weighted by atomic mass is 10.1.